The first kappa shape index (κ1) is 27.6. The van der Waals surface area contributed by atoms with E-state index in [9.17, 15) is 24.3 Å². The van der Waals surface area contributed by atoms with E-state index in [4.69, 9.17) is 9.15 Å². The van der Waals surface area contributed by atoms with E-state index in [-0.39, 0.29) is 29.8 Å². The van der Waals surface area contributed by atoms with Gasteiger partial charge in [0, 0.05) is 13.2 Å². The van der Waals surface area contributed by atoms with Crippen molar-refractivity contribution in [3.05, 3.63) is 17.8 Å². The van der Waals surface area contributed by atoms with Crippen LogP contribution in [0.2, 0.25) is 0 Å². The summed E-state index contributed by atoms with van der Waals surface area (Å²) in [5.74, 6) is -1.71. The molecule has 1 fully saturated rings. The zero-order valence-electron chi connectivity index (χ0n) is 21.0. The van der Waals surface area contributed by atoms with Crippen molar-refractivity contribution >= 4 is 23.6 Å². The molecule has 3 rings (SSSR count). The number of fused-ring (bicyclic) bond motifs is 2. The third-order valence-corrected chi connectivity index (χ3v) is 6.20. The van der Waals surface area contributed by atoms with Gasteiger partial charge in [-0.15, -0.1) is 0 Å². The van der Waals surface area contributed by atoms with Gasteiger partial charge in [-0.05, 0) is 51.4 Å². The summed E-state index contributed by atoms with van der Waals surface area (Å²) in [6.07, 6.45) is 2.54. The summed E-state index contributed by atoms with van der Waals surface area (Å²) < 4.78 is 10.9. The summed E-state index contributed by atoms with van der Waals surface area (Å²) in [6, 6.07) is -2.89. The van der Waals surface area contributed by atoms with E-state index in [1.54, 1.807) is 0 Å². The molecule has 12 nitrogen and oxygen atoms in total. The number of nitrogens with zero attached hydrogens (tertiary/aromatic N) is 1. The zero-order chi connectivity index (χ0) is 26.2. The van der Waals surface area contributed by atoms with E-state index in [1.807, 2.05) is 13.8 Å². The van der Waals surface area contributed by atoms with Crippen molar-refractivity contribution in [2.45, 2.75) is 89.6 Å². The van der Waals surface area contributed by atoms with E-state index < -0.39 is 48.1 Å². The van der Waals surface area contributed by atoms with Crippen LogP contribution in [-0.4, -0.2) is 71.2 Å². The molecule has 12 heteroatoms. The molecule has 2 aliphatic rings. The van der Waals surface area contributed by atoms with Crippen molar-refractivity contribution in [1.82, 2.24) is 26.3 Å². The van der Waals surface area contributed by atoms with Crippen molar-refractivity contribution < 1.29 is 33.4 Å². The van der Waals surface area contributed by atoms with Crippen LogP contribution in [0.25, 0.3) is 0 Å². The zero-order valence-corrected chi connectivity index (χ0v) is 21.0. The largest absolute Gasteiger partial charge is 0.446 e. The Labute approximate surface area is 210 Å². The van der Waals surface area contributed by atoms with E-state index in [0.29, 0.717) is 38.8 Å². The SMILES string of the molecule is CC(C)C[C@@H]1NC(=O)[C@H]([C@@H](C)O)NC(=O)[C@@H](NC(=O)[C@@H]2CCCO2)CCCCNC(=O)c2coc1n2. The molecule has 0 aromatic carbocycles. The highest BCUT2D eigenvalue weighted by molar-refractivity contribution is 5.93. The van der Waals surface area contributed by atoms with Crippen molar-refractivity contribution in [2.75, 3.05) is 13.2 Å². The third-order valence-electron chi connectivity index (χ3n) is 6.20. The van der Waals surface area contributed by atoms with Crippen LogP contribution >= 0.6 is 0 Å². The van der Waals surface area contributed by atoms with E-state index in [1.165, 1.54) is 13.2 Å². The molecular formula is C24H37N5O7. The number of aliphatic hydroxyl groups excluding tert-OH is 1. The summed E-state index contributed by atoms with van der Waals surface area (Å²) in [4.78, 5) is 55.7. The molecule has 5 atom stereocenters. The number of oxazole rings is 1. The Morgan fingerprint density at radius 3 is 2.58 bits per heavy atom. The summed E-state index contributed by atoms with van der Waals surface area (Å²) in [5, 5.41) is 21.2. The lowest BCUT2D eigenvalue weighted by Crippen LogP contribution is -2.58. The summed E-state index contributed by atoms with van der Waals surface area (Å²) in [7, 11) is 0. The minimum Gasteiger partial charge on any atom is -0.446 e. The topological polar surface area (TPSA) is 172 Å². The lowest BCUT2D eigenvalue weighted by molar-refractivity contribution is -0.136. The molecule has 0 unspecified atom stereocenters. The Morgan fingerprint density at radius 1 is 1.14 bits per heavy atom. The number of aromatic nitrogens is 1. The molecule has 0 radical (unpaired) electrons. The molecule has 3 heterocycles. The number of amides is 4. The van der Waals surface area contributed by atoms with Crippen LogP contribution < -0.4 is 21.3 Å². The number of hydrogen-bond acceptors (Lipinski definition) is 8. The van der Waals surface area contributed by atoms with Crippen molar-refractivity contribution in [2.24, 2.45) is 5.92 Å². The Hall–Kier alpha value is -2.99. The molecule has 0 aliphatic carbocycles. The van der Waals surface area contributed by atoms with E-state index >= 15 is 0 Å². The third kappa shape index (κ3) is 7.50. The Kier molecular flexibility index (Phi) is 9.82. The van der Waals surface area contributed by atoms with Crippen LogP contribution in [-0.2, 0) is 19.1 Å². The Morgan fingerprint density at radius 2 is 1.92 bits per heavy atom. The molecule has 2 aliphatic heterocycles. The monoisotopic (exact) mass is 507 g/mol. The molecule has 36 heavy (non-hydrogen) atoms. The number of carbonyl (C=O) groups excluding carboxylic acids is 4. The van der Waals surface area contributed by atoms with Gasteiger partial charge in [-0.1, -0.05) is 13.8 Å². The van der Waals surface area contributed by atoms with Gasteiger partial charge < -0.3 is 35.5 Å². The molecule has 0 saturated carbocycles. The normalized spacial score (nSPS) is 27.2. The van der Waals surface area contributed by atoms with Gasteiger partial charge in [0.25, 0.3) is 5.91 Å². The number of rotatable bonds is 5. The van der Waals surface area contributed by atoms with Crippen LogP contribution in [0.5, 0.6) is 0 Å². The standard InChI is InChI=1S/C24H37N5O7/c1-13(2)11-16-24-28-17(12-36-24)20(31)25-9-5-4-7-15(26-22(33)18-8-6-10-35-18)21(32)29-19(14(3)30)23(34)27-16/h12-16,18-19,30H,4-11H2,1-3H3,(H,25,31)(H,26,33)(H,27,34)(H,29,32)/t14-,15+,16+,18+,19+/m1/s1. The maximum atomic E-state index is 13.2. The van der Waals surface area contributed by atoms with Crippen LogP contribution in [0, 0.1) is 5.92 Å². The van der Waals surface area contributed by atoms with Gasteiger partial charge in [0.1, 0.15) is 30.5 Å². The first-order valence-electron chi connectivity index (χ1n) is 12.6. The predicted octanol–water partition coefficient (Wildman–Crippen LogP) is 0.321. The average molecular weight is 508 g/mol. The maximum Gasteiger partial charge on any atom is 0.273 e. The Balaban J connectivity index is 1.83. The molecule has 5 N–H and O–H groups in total. The molecule has 1 aromatic heterocycles. The first-order valence-corrected chi connectivity index (χ1v) is 12.6. The fraction of sp³-hybridized carbons (Fsp3) is 0.708. The van der Waals surface area contributed by atoms with E-state index in [0.717, 1.165) is 6.42 Å². The van der Waals surface area contributed by atoms with Crippen LogP contribution in [0.3, 0.4) is 0 Å². The lowest BCUT2D eigenvalue weighted by Gasteiger charge is -2.27. The van der Waals surface area contributed by atoms with Crippen molar-refractivity contribution in [3.63, 3.8) is 0 Å². The van der Waals surface area contributed by atoms with Crippen LogP contribution in [0.15, 0.2) is 10.7 Å². The highest BCUT2D eigenvalue weighted by Gasteiger charge is 2.34. The van der Waals surface area contributed by atoms with Gasteiger partial charge in [0.05, 0.1) is 6.10 Å². The molecule has 200 valence electrons. The highest BCUT2D eigenvalue weighted by atomic mass is 16.5. The van der Waals surface area contributed by atoms with Crippen molar-refractivity contribution in [3.8, 4) is 0 Å². The lowest BCUT2D eigenvalue weighted by atomic mass is 10.0. The number of nitrogens with one attached hydrogen (secondary N) is 4. The highest BCUT2D eigenvalue weighted by Crippen LogP contribution is 2.22. The fourth-order valence-corrected chi connectivity index (χ4v) is 4.25. The van der Waals surface area contributed by atoms with E-state index in [2.05, 4.69) is 26.3 Å². The van der Waals surface area contributed by atoms with Gasteiger partial charge in [0.2, 0.25) is 23.6 Å². The molecule has 2 bridgehead atoms. The van der Waals surface area contributed by atoms with Gasteiger partial charge in [-0.3, -0.25) is 19.2 Å². The van der Waals surface area contributed by atoms with Gasteiger partial charge in [-0.25, -0.2) is 4.98 Å². The number of ether oxygens (including phenoxy) is 1. The number of aliphatic hydroxyl groups is 1. The quantitative estimate of drug-likeness (QED) is 0.379. The van der Waals surface area contributed by atoms with Crippen LogP contribution in [0.4, 0.5) is 0 Å². The molecule has 4 amide bonds. The molecule has 0 spiro atoms. The van der Waals surface area contributed by atoms with Gasteiger partial charge in [0.15, 0.2) is 5.69 Å². The second-order valence-corrected chi connectivity index (χ2v) is 9.80. The van der Waals surface area contributed by atoms with Gasteiger partial charge >= 0.3 is 0 Å². The summed E-state index contributed by atoms with van der Waals surface area (Å²) >= 11 is 0. The predicted molar refractivity (Wildman–Crippen MR) is 128 cm³/mol. The minimum atomic E-state index is -1.28. The summed E-state index contributed by atoms with van der Waals surface area (Å²) in [6.45, 7) is 6.14. The van der Waals surface area contributed by atoms with Crippen LogP contribution in [0.1, 0.15) is 81.7 Å². The second-order valence-electron chi connectivity index (χ2n) is 9.80. The molecule has 1 aromatic rings. The van der Waals surface area contributed by atoms with Crippen molar-refractivity contribution in [1.29, 1.82) is 0 Å². The second kappa shape index (κ2) is 12.8. The smallest absolute Gasteiger partial charge is 0.273 e. The number of carbonyl (C=O) groups is 4. The first-order chi connectivity index (χ1) is 17.2. The molecule has 1 saturated heterocycles. The Bertz CT molecular complexity index is 926. The fourth-order valence-electron chi connectivity index (χ4n) is 4.25. The molecular weight excluding hydrogens is 470 g/mol. The summed E-state index contributed by atoms with van der Waals surface area (Å²) in [5.41, 5.74) is 0.0992. The average Bonchev–Trinajstić information content (AvgIpc) is 3.52. The van der Waals surface area contributed by atoms with Gasteiger partial charge in [-0.2, -0.15) is 0 Å². The number of hydrogen-bond donors (Lipinski definition) is 5. The maximum absolute atomic E-state index is 13.2. The minimum absolute atomic E-state index is 0.0992.